The van der Waals surface area contributed by atoms with E-state index in [9.17, 15) is 9.59 Å². The average molecular weight is 281 g/mol. The highest BCUT2D eigenvalue weighted by Crippen LogP contribution is 2.16. The maximum atomic E-state index is 11.8. The number of carboxylic acid groups (broad SMARTS) is 1. The second-order valence-electron chi connectivity index (χ2n) is 4.23. The second kappa shape index (κ2) is 8.48. The third kappa shape index (κ3) is 6.20. The molecule has 0 radical (unpaired) electrons. The number of carboxylic acids is 1. The van der Waals surface area contributed by atoms with E-state index in [1.807, 2.05) is 0 Å². The predicted octanol–water partition coefficient (Wildman–Crippen LogP) is 3.16. The van der Waals surface area contributed by atoms with Crippen LogP contribution in [0, 0.1) is 0 Å². The van der Waals surface area contributed by atoms with Crippen LogP contribution in [0.2, 0.25) is 0 Å². The first kappa shape index (κ1) is 15.4. The summed E-state index contributed by atoms with van der Waals surface area (Å²) in [6.07, 6.45) is 7.06. The topological polar surface area (TPSA) is 66.4 Å². The lowest BCUT2D eigenvalue weighted by Gasteiger charge is -2.02. The van der Waals surface area contributed by atoms with Crippen molar-refractivity contribution in [3.63, 3.8) is 0 Å². The lowest BCUT2D eigenvalue weighted by atomic mass is 10.2. The molecule has 0 saturated heterocycles. The van der Waals surface area contributed by atoms with Crippen molar-refractivity contribution in [2.45, 2.75) is 32.6 Å². The van der Waals surface area contributed by atoms with Crippen LogP contribution in [-0.2, 0) is 4.79 Å². The van der Waals surface area contributed by atoms with E-state index < -0.39 is 5.97 Å². The predicted molar refractivity (Wildman–Crippen MR) is 77.5 cm³/mol. The monoisotopic (exact) mass is 281 g/mol. The lowest BCUT2D eigenvalue weighted by molar-refractivity contribution is -0.131. The minimum atomic E-state index is -0.990. The number of hydrogen-bond acceptors (Lipinski definition) is 3. The van der Waals surface area contributed by atoms with Crippen LogP contribution in [0.5, 0.6) is 0 Å². The Labute approximate surface area is 117 Å². The van der Waals surface area contributed by atoms with Gasteiger partial charge in [-0.1, -0.05) is 26.2 Å². The van der Waals surface area contributed by atoms with E-state index in [1.54, 1.807) is 11.4 Å². The Balaban J connectivity index is 2.38. The molecule has 4 nitrogen and oxygen atoms in total. The summed E-state index contributed by atoms with van der Waals surface area (Å²) in [7, 11) is 0. The normalized spacial score (nSPS) is 10.8. The molecule has 5 heteroatoms. The van der Waals surface area contributed by atoms with Crippen molar-refractivity contribution >= 4 is 29.3 Å². The molecule has 0 bridgehead atoms. The number of unbranched alkanes of at least 4 members (excludes halogenated alkanes) is 3. The number of carbonyl (C=O) groups excluding carboxylic acids is 1. The Morgan fingerprint density at radius 1 is 1.37 bits per heavy atom. The van der Waals surface area contributed by atoms with E-state index in [0.29, 0.717) is 12.1 Å². The van der Waals surface area contributed by atoms with Crippen LogP contribution in [0.15, 0.2) is 17.5 Å². The highest BCUT2D eigenvalue weighted by atomic mass is 32.1. The fraction of sp³-hybridized carbons (Fsp3) is 0.429. The Hall–Kier alpha value is -1.62. The molecule has 1 aromatic rings. The van der Waals surface area contributed by atoms with Gasteiger partial charge in [-0.2, -0.15) is 0 Å². The summed E-state index contributed by atoms with van der Waals surface area (Å²) in [5.41, 5.74) is 0.588. The zero-order valence-electron chi connectivity index (χ0n) is 11.0. The minimum Gasteiger partial charge on any atom is -0.478 e. The summed E-state index contributed by atoms with van der Waals surface area (Å²) < 4.78 is 0. The van der Waals surface area contributed by atoms with E-state index >= 15 is 0 Å². The first-order valence-corrected chi connectivity index (χ1v) is 7.29. The van der Waals surface area contributed by atoms with Gasteiger partial charge in [-0.05, 0) is 18.6 Å². The first-order chi connectivity index (χ1) is 9.13. The van der Waals surface area contributed by atoms with Gasteiger partial charge in [0.2, 0.25) is 0 Å². The van der Waals surface area contributed by atoms with Crippen LogP contribution >= 0.6 is 11.3 Å². The molecule has 0 aliphatic heterocycles. The van der Waals surface area contributed by atoms with Gasteiger partial charge in [0.05, 0.1) is 5.56 Å². The molecule has 1 amide bonds. The van der Waals surface area contributed by atoms with Crippen LogP contribution in [0.3, 0.4) is 0 Å². The van der Waals surface area contributed by atoms with Crippen molar-refractivity contribution in [2.75, 3.05) is 6.54 Å². The molecule has 1 heterocycles. The maximum Gasteiger partial charge on any atom is 0.328 e. The van der Waals surface area contributed by atoms with Crippen LogP contribution in [-0.4, -0.2) is 23.5 Å². The molecule has 0 aliphatic carbocycles. The van der Waals surface area contributed by atoms with Gasteiger partial charge in [-0.15, -0.1) is 11.3 Å². The van der Waals surface area contributed by atoms with E-state index in [0.717, 1.165) is 23.8 Å². The molecule has 0 aromatic carbocycles. The molecule has 0 atom stereocenters. The third-order valence-electron chi connectivity index (χ3n) is 2.59. The van der Waals surface area contributed by atoms with Gasteiger partial charge < -0.3 is 10.4 Å². The number of aliphatic carboxylic acids is 1. The highest BCUT2D eigenvalue weighted by molar-refractivity contribution is 7.11. The quantitative estimate of drug-likeness (QED) is 0.568. The van der Waals surface area contributed by atoms with Crippen LogP contribution in [0.25, 0.3) is 6.08 Å². The van der Waals surface area contributed by atoms with Gasteiger partial charge in [0.25, 0.3) is 5.91 Å². The summed E-state index contributed by atoms with van der Waals surface area (Å²) in [6.45, 7) is 2.84. The van der Waals surface area contributed by atoms with Crippen molar-refractivity contribution in [1.29, 1.82) is 0 Å². The van der Waals surface area contributed by atoms with Gasteiger partial charge in [0.1, 0.15) is 0 Å². The number of rotatable bonds is 8. The van der Waals surface area contributed by atoms with Gasteiger partial charge >= 0.3 is 5.97 Å². The third-order valence-corrected chi connectivity index (χ3v) is 3.49. The number of carbonyl (C=O) groups is 2. The Morgan fingerprint density at radius 2 is 2.16 bits per heavy atom. The molecular formula is C14H19NO3S. The summed E-state index contributed by atoms with van der Waals surface area (Å²) >= 11 is 1.36. The maximum absolute atomic E-state index is 11.8. The summed E-state index contributed by atoms with van der Waals surface area (Å²) in [5, 5.41) is 13.1. The van der Waals surface area contributed by atoms with Gasteiger partial charge in [0, 0.05) is 22.9 Å². The Kier molecular flexibility index (Phi) is 6.89. The Bertz CT molecular complexity index is 451. The first-order valence-electron chi connectivity index (χ1n) is 6.41. The number of nitrogens with one attached hydrogen (secondary N) is 1. The van der Waals surface area contributed by atoms with Gasteiger partial charge in [-0.3, -0.25) is 4.79 Å². The van der Waals surface area contributed by atoms with E-state index in [2.05, 4.69) is 12.2 Å². The second-order valence-corrected chi connectivity index (χ2v) is 5.17. The molecule has 0 unspecified atom stereocenters. The molecule has 0 spiro atoms. The van der Waals surface area contributed by atoms with Crippen molar-refractivity contribution in [1.82, 2.24) is 5.32 Å². The van der Waals surface area contributed by atoms with Crippen molar-refractivity contribution in [2.24, 2.45) is 0 Å². The van der Waals surface area contributed by atoms with Gasteiger partial charge in [-0.25, -0.2) is 4.79 Å². The standard InChI is InChI=1S/C14H19NO3S/c1-2-3-4-5-8-15-14(18)11-9-12(19-10-11)6-7-13(16)17/h6-7,9-10H,2-5,8H2,1H3,(H,15,18)(H,16,17). The minimum absolute atomic E-state index is 0.0947. The van der Waals surface area contributed by atoms with E-state index in [4.69, 9.17) is 5.11 Å². The molecular weight excluding hydrogens is 262 g/mol. The molecule has 104 valence electrons. The summed E-state index contributed by atoms with van der Waals surface area (Å²) in [5.74, 6) is -1.09. The number of amides is 1. The van der Waals surface area contributed by atoms with E-state index in [1.165, 1.54) is 30.3 Å². The molecule has 0 saturated carbocycles. The SMILES string of the molecule is CCCCCCNC(=O)c1csc(C=CC(=O)O)c1. The Morgan fingerprint density at radius 3 is 2.84 bits per heavy atom. The van der Waals surface area contributed by atoms with Crippen molar-refractivity contribution in [3.8, 4) is 0 Å². The fourth-order valence-electron chi connectivity index (χ4n) is 1.57. The highest BCUT2D eigenvalue weighted by Gasteiger charge is 2.06. The molecule has 0 fully saturated rings. The van der Waals surface area contributed by atoms with Crippen LogP contribution < -0.4 is 5.32 Å². The van der Waals surface area contributed by atoms with Crippen molar-refractivity contribution in [3.05, 3.63) is 28.0 Å². The summed E-state index contributed by atoms with van der Waals surface area (Å²) in [4.78, 5) is 22.9. The molecule has 2 N–H and O–H groups in total. The number of hydrogen-bond donors (Lipinski definition) is 2. The smallest absolute Gasteiger partial charge is 0.328 e. The molecule has 0 aliphatic rings. The van der Waals surface area contributed by atoms with E-state index in [-0.39, 0.29) is 5.91 Å². The lowest BCUT2D eigenvalue weighted by Crippen LogP contribution is -2.23. The van der Waals surface area contributed by atoms with Crippen molar-refractivity contribution < 1.29 is 14.7 Å². The number of thiophene rings is 1. The van der Waals surface area contributed by atoms with Crippen LogP contribution in [0.4, 0.5) is 0 Å². The largest absolute Gasteiger partial charge is 0.478 e. The zero-order chi connectivity index (χ0) is 14.1. The molecule has 1 aromatic heterocycles. The zero-order valence-corrected chi connectivity index (χ0v) is 11.8. The fourth-order valence-corrected chi connectivity index (χ4v) is 2.35. The molecule has 19 heavy (non-hydrogen) atoms. The molecule has 1 rings (SSSR count). The van der Waals surface area contributed by atoms with Gasteiger partial charge in [0.15, 0.2) is 0 Å². The average Bonchev–Trinajstić information content (AvgIpc) is 2.84. The van der Waals surface area contributed by atoms with Crippen LogP contribution in [0.1, 0.15) is 47.8 Å². The summed E-state index contributed by atoms with van der Waals surface area (Å²) in [6, 6.07) is 1.70.